The molecule has 0 saturated carbocycles. The Morgan fingerprint density at radius 1 is 1.00 bits per heavy atom. The zero-order chi connectivity index (χ0) is 14.5. The molecule has 20 heavy (non-hydrogen) atoms. The van der Waals surface area contributed by atoms with Crippen molar-refractivity contribution in [2.24, 2.45) is 0 Å². The maximum Gasteiger partial charge on any atom is 0.146 e. The van der Waals surface area contributed by atoms with E-state index in [1.807, 2.05) is 18.2 Å². The van der Waals surface area contributed by atoms with Gasteiger partial charge in [0.05, 0.1) is 11.1 Å². The molecule has 0 aliphatic heterocycles. The minimum absolute atomic E-state index is 0.123. The second-order valence-corrected chi connectivity index (χ2v) is 5.37. The molecule has 0 amide bonds. The summed E-state index contributed by atoms with van der Waals surface area (Å²) in [6, 6.07) is 12.2. The fourth-order valence-electron chi connectivity index (χ4n) is 2.13. The van der Waals surface area contributed by atoms with Crippen LogP contribution in [0, 0.1) is 5.82 Å². The summed E-state index contributed by atoms with van der Waals surface area (Å²) in [5.41, 5.74) is 1.36. The third-order valence-electron chi connectivity index (χ3n) is 3.11. The van der Waals surface area contributed by atoms with Gasteiger partial charge in [0.25, 0.3) is 0 Å². The van der Waals surface area contributed by atoms with Gasteiger partial charge in [-0.3, -0.25) is 0 Å². The van der Waals surface area contributed by atoms with E-state index in [4.69, 9.17) is 23.2 Å². The van der Waals surface area contributed by atoms with E-state index < -0.39 is 5.82 Å². The molecule has 0 fully saturated rings. The van der Waals surface area contributed by atoms with Gasteiger partial charge in [-0.25, -0.2) is 4.39 Å². The third-order valence-corrected chi connectivity index (χ3v) is 3.74. The molecule has 0 heterocycles. The summed E-state index contributed by atoms with van der Waals surface area (Å²) in [5.74, 6) is -0.400. The van der Waals surface area contributed by atoms with E-state index in [2.05, 4.69) is 12.2 Å². The number of nitrogens with one attached hydrogen (secondary N) is 1. The number of rotatable bonds is 5. The lowest BCUT2D eigenvalue weighted by Crippen LogP contribution is -2.24. The van der Waals surface area contributed by atoms with Gasteiger partial charge in [0.1, 0.15) is 5.82 Å². The Morgan fingerprint density at radius 3 is 2.35 bits per heavy atom. The van der Waals surface area contributed by atoms with Crippen LogP contribution in [0.2, 0.25) is 10.0 Å². The predicted octanol–water partition coefficient (Wildman–Crippen LogP) is 5.22. The van der Waals surface area contributed by atoms with Crippen molar-refractivity contribution in [1.29, 1.82) is 0 Å². The monoisotopic (exact) mass is 311 g/mol. The molecule has 1 nitrogen and oxygen atoms in total. The topological polar surface area (TPSA) is 12.0 Å². The molecule has 0 aliphatic carbocycles. The van der Waals surface area contributed by atoms with E-state index in [9.17, 15) is 4.39 Å². The van der Waals surface area contributed by atoms with Gasteiger partial charge in [-0.15, -0.1) is 0 Å². The SMILES string of the molecule is CCCNC(c1ccccc1Cl)c1cccc(Cl)c1F. The van der Waals surface area contributed by atoms with Crippen molar-refractivity contribution in [2.75, 3.05) is 6.54 Å². The maximum atomic E-state index is 14.3. The molecule has 1 unspecified atom stereocenters. The first kappa shape index (κ1) is 15.3. The van der Waals surface area contributed by atoms with Gasteiger partial charge in [0.15, 0.2) is 0 Å². The van der Waals surface area contributed by atoms with Crippen molar-refractivity contribution in [1.82, 2.24) is 5.32 Å². The smallest absolute Gasteiger partial charge is 0.146 e. The molecule has 0 bridgehead atoms. The van der Waals surface area contributed by atoms with Crippen LogP contribution in [0.5, 0.6) is 0 Å². The first-order valence-electron chi connectivity index (χ1n) is 6.56. The van der Waals surface area contributed by atoms with E-state index in [1.54, 1.807) is 24.3 Å². The minimum atomic E-state index is -0.400. The lowest BCUT2D eigenvalue weighted by Gasteiger charge is -2.21. The summed E-state index contributed by atoms with van der Waals surface area (Å²) in [5, 5.41) is 4.06. The Morgan fingerprint density at radius 2 is 1.65 bits per heavy atom. The van der Waals surface area contributed by atoms with Crippen molar-refractivity contribution < 1.29 is 4.39 Å². The van der Waals surface area contributed by atoms with E-state index >= 15 is 0 Å². The van der Waals surface area contributed by atoms with Crippen molar-refractivity contribution >= 4 is 23.2 Å². The number of hydrogen-bond acceptors (Lipinski definition) is 1. The van der Waals surface area contributed by atoms with E-state index in [0.29, 0.717) is 10.6 Å². The highest BCUT2D eigenvalue weighted by atomic mass is 35.5. The van der Waals surface area contributed by atoms with Crippen molar-refractivity contribution in [3.05, 3.63) is 69.5 Å². The molecule has 0 aromatic heterocycles. The van der Waals surface area contributed by atoms with Crippen molar-refractivity contribution in [2.45, 2.75) is 19.4 Å². The average Bonchev–Trinajstić information content (AvgIpc) is 2.45. The highest BCUT2D eigenvalue weighted by molar-refractivity contribution is 6.31. The molecule has 2 aromatic rings. The molecule has 2 rings (SSSR count). The van der Waals surface area contributed by atoms with Crippen LogP contribution in [0.4, 0.5) is 4.39 Å². The molecule has 1 atom stereocenters. The van der Waals surface area contributed by atoms with Crippen LogP contribution in [0.25, 0.3) is 0 Å². The first-order chi connectivity index (χ1) is 9.65. The molecular weight excluding hydrogens is 296 g/mol. The van der Waals surface area contributed by atoms with Gasteiger partial charge in [-0.1, -0.05) is 60.5 Å². The van der Waals surface area contributed by atoms with Crippen LogP contribution >= 0.6 is 23.2 Å². The highest BCUT2D eigenvalue weighted by Gasteiger charge is 2.20. The fourth-order valence-corrected chi connectivity index (χ4v) is 2.56. The van der Waals surface area contributed by atoms with Crippen LogP contribution in [0.15, 0.2) is 42.5 Å². The summed E-state index contributed by atoms with van der Waals surface area (Å²) in [6.07, 6.45) is 0.948. The second-order valence-electron chi connectivity index (χ2n) is 4.55. The number of hydrogen-bond donors (Lipinski definition) is 1. The Bertz CT molecular complexity index is 586. The third kappa shape index (κ3) is 3.32. The van der Waals surface area contributed by atoms with Crippen LogP contribution < -0.4 is 5.32 Å². The van der Waals surface area contributed by atoms with Crippen molar-refractivity contribution in [3.8, 4) is 0 Å². The molecular formula is C16H16Cl2FN. The zero-order valence-electron chi connectivity index (χ0n) is 11.2. The fraction of sp³-hybridized carbons (Fsp3) is 0.250. The maximum absolute atomic E-state index is 14.3. The average molecular weight is 312 g/mol. The predicted molar refractivity (Wildman–Crippen MR) is 83.0 cm³/mol. The lowest BCUT2D eigenvalue weighted by molar-refractivity contribution is 0.547. The van der Waals surface area contributed by atoms with E-state index in [1.165, 1.54) is 0 Å². The van der Waals surface area contributed by atoms with Crippen molar-refractivity contribution in [3.63, 3.8) is 0 Å². The van der Waals surface area contributed by atoms with Crippen LogP contribution in [-0.4, -0.2) is 6.54 Å². The van der Waals surface area contributed by atoms with E-state index in [-0.39, 0.29) is 11.1 Å². The molecule has 0 radical (unpaired) electrons. The normalized spacial score (nSPS) is 12.4. The number of benzene rings is 2. The largest absolute Gasteiger partial charge is 0.306 e. The van der Waals surface area contributed by atoms with Gasteiger partial charge in [0, 0.05) is 10.6 Å². The Labute approximate surface area is 128 Å². The minimum Gasteiger partial charge on any atom is -0.306 e. The molecule has 0 saturated heterocycles. The molecule has 1 N–H and O–H groups in total. The number of halogens is 3. The van der Waals surface area contributed by atoms with Gasteiger partial charge < -0.3 is 5.32 Å². The van der Waals surface area contributed by atoms with Crippen LogP contribution in [-0.2, 0) is 0 Å². The summed E-state index contributed by atoms with van der Waals surface area (Å²) < 4.78 is 14.3. The summed E-state index contributed by atoms with van der Waals surface area (Å²) in [6.45, 7) is 2.83. The van der Waals surface area contributed by atoms with Crippen LogP contribution in [0.3, 0.4) is 0 Å². The first-order valence-corrected chi connectivity index (χ1v) is 7.32. The molecule has 0 aliphatic rings. The summed E-state index contributed by atoms with van der Waals surface area (Å²) in [4.78, 5) is 0. The summed E-state index contributed by atoms with van der Waals surface area (Å²) in [7, 11) is 0. The lowest BCUT2D eigenvalue weighted by atomic mass is 9.98. The van der Waals surface area contributed by atoms with Gasteiger partial charge in [0.2, 0.25) is 0 Å². The Balaban J connectivity index is 2.47. The molecule has 4 heteroatoms. The van der Waals surface area contributed by atoms with Gasteiger partial charge in [-0.05, 0) is 30.7 Å². The van der Waals surface area contributed by atoms with Crippen LogP contribution in [0.1, 0.15) is 30.5 Å². The second kappa shape index (κ2) is 7.07. The van der Waals surface area contributed by atoms with Gasteiger partial charge in [-0.2, -0.15) is 0 Å². The summed E-state index contributed by atoms with van der Waals surface area (Å²) >= 11 is 12.1. The Kier molecular flexibility index (Phi) is 5.41. The zero-order valence-corrected chi connectivity index (χ0v) is 12.7. The van der Waals surface area contributed by atoms with Gasteiger partial charge >= 0.3 is 0 Å². The molecule has 2 aromatic carbocycles. The standard InChI is InChI=1S/C16H16Cl2FN/c1-2-10-20-16(11-6-3-4-8-13(11)17)12-7-5-9-14(18)15(12)19/h3-9,16,20H,2,10H2,1H3. The Hall–Kier alpha value is -1.09. The van der Waals surface area contributed by atoms with E-state index in [0.717, 1.165) is 18.5 Å². The molecule has 106 valence electrons. The molecule has 0 spiro atoms. The highest BCUT2D eigenvalue weighted by Crippen LogP contribution is 2.31. The quantitative estimate of drug-likeness (QED) is 0.798.